The molecule has 0 radical (unpaired) electrons. The Bertz CT molecular complexity index is 1400. The van der Waals surface area contributed by atoms with Gasteiger partial charge < -0.3 is 14.2 Å². The van der Waals surface area contributed by atoms with Gasteiger partial charge >= 0.3 is 17.9 Å². The molecule has 0 spiro atoms. The minimum absolute atomic E-state index is 0.0851. The fourth-order valence-electron chi connectivity index (χ4n) is 11.0. The van der Waals surface area contributed by atoms with E-state index in [1.165, 1.54) is 270 Å². The van der Waals surface area contributed by atoms with Gasteiger partial charge in [0.25, 0.3) is 0 Å². The van der Waals surface area contributed by atoms with E-state index in [1.807, 2.05) is 0 Å². The molecule has 0 aromatic rings. The number of allylic oxidation sites excluding steroid dienone is 8. The van der Waals surface area contributed by atoms with Crippen LogP contribution in [-0.2, 0) is 28.6 Å². The van der Waals surface area contributed by atoms with Crippen molar-refractivity contribution < 1.29 is 28.6 Å². The van der Waals surface area contributed by atoms with Gasteiger partial charge in [0.05, 0.1) is 0 Å². The maximum absolute atomic E-state index is 12.9. The Morgan fingerprint density at radius 3 is 0.753 bits per heavy atom. The van der Waals surface area contributed by atoms with Crippen molar-refractivity contribution in [2.24, 2.45) is 0 Å². The molecule has 0 aromatic heterocycles. The molecule has 0 bridgehead atoms. The zero-order valence-electron chi connectivity index (χ0n) is 54.6. The highest BCUT2D eigenvalue weighted by Gasteiger charge is 2.19. The van der Waals surface area contributed by atoms with Crippen LogP contribution in [0.25, 0.3) is 0 Å². The van der Waals surface area contributed by atoms with Gasteiger partial charge in [0.2, 0.25) is 0 Å². The first kappa shape index (κ1) is 78.4. The van der Waals surface area contributed by atoms with E-state index < -0.39 is 6.10 Å². The van der Waals surface area contributed by atoms with Crippen LogP contribution in [0, 0.1) is 0 Å². The monoisotopic (exact) mass is 1140 g/mol. The number of carbonyl (C=O) groups is 3. The van der Waals surface area contributed by atoms with Gasteiger partial charge in [-0.15, -0.1) is 0 Å². The molecule has 0 saturated heterocycles. The van der Waals surface area contributed by atoms with Crippen LogP contribution in [0.2, 0.25) is 0 Å². The predicted molar refractivity (Wildman–Crippen MR) is 353 cm³/mol. The normalized spacial score (nSPS) is 12.3. The summed E-state index contributed by atoms with van der Waals surface area (Å²) >= 11 is 0. The Labute approximate surface area is 505 Å². The lowest BCUT2D eigenvalue weighted by molar-refractivity contribution is -0.167. The van der Waals surface area contributed by atoms with Crippen LogP contribution in [0.4, 0.5) is 0 Å². The van der Waals surface area contributed by atoms with Gasteiger partial charge in [0, 0.05) is 19.3 Å². The third kappa shape index (κ3) is 68.0. The van der Waals surface area contributed by atoms with Crippen molar-refractivity contribution in [1.82, 2.24) is 0 Å². The second-order valence-electron chi connectivity index (χ2n) is 24.5. The van der Waals surface area contributed by atoms with Crippen molar-refractivity contribution in [2.75, 3.05) is 13.2 Å². The first-order valence-electron chi connectivity index (χ1n) is 36.1. The van der Waals surface area contributed by atoms with Crippen LogP contribution >= 0.6 is 0 Å². The number of carbonyl (C=O) groups excluding carboxylic acids is 3. The van der Waals surface area contributed by atoms with E-state index in [4.69, 9.17) is 14.2 Å². The molecule has 1 unspecified atom stereocenters. The molecule has 0 rings (SSSR count). The fourth-order valence-corrected chi connectivity index (χ4v) is 11.0. The van der Waals surface area contributed by atoms with E-state index in [0.29, 0.717) is 19.3 Å². The molecule has 6 heteroatoms. The second-order valence-corrected chi connectivity index (χ2v) is 24.5. The largest absolute Gasteiger partial charge is 0.462 e. The summed E-state index contributed by atoms with van der Waals surface area (Å²) in [5.74, 6) is -0.904. The van der Waals surface area contributed by atoms with Gasteiger partial charge in [-0.2, -0.15) is 0 Å². The summed E-state index contributed by atoms with van der Waals surface area (Å²) in [4.78, 5) is 38.3. The summed E-state index contributed by atoms with van der Waals surface area (Å²) in [6.07, 6.45) is 89.0. The van der Waals surface area contributed by atoms with Crippen LogP contribution in [0.3, 0.4) is 0 Å². The number of hydrogen-bond acceptors (Lipinski definition) is 6. The number of esters is 3. The molecule has 0 fully saturated rings. The third-order valence-corrected chi connectivity index (χ3v) is 16.3. The predicted octanol–water partition coefficient (Wildman–Crippen LogP) is 24.9. The van der Waals surface area contributed by atoms with Crippen LogP contribution < -0.4 is 0 Å². The Balaban J connectivity index is 4.06. The minimum Gasteiger partial charge on any atom is -0.462 e. The standard InChI is InChI=1S/C75H138O6/c1-4-7-10-13-16-19-22-25-27-28-29-30-31-32-33-34-35-36-37-38-39-40-41-42-43-44-45-46-48-50-53-56-59-62-65-68-74(77)80-71-72(70-79-73(76)67-64-61-58-55-52-49-24-21-18-15-12-9-6-3)81-75(78)69-66-63-60-57-54-51-47-26-23-20-17-14-11-8-5-2/h8,11,17,20,26,47,54,57,72H,4-7,9-10,12-16,18-19,21-25,27-46,48-53,55-56,58-71H2,1-3H3/b11-8-,20-17-,47-26-,57-54-. The van der Waals surface area contributed by atoms with Gasteiger partial charge in [-0.05, 0) is 57.8 Å². The second kappa shape index (κ2) is 69.9. The van der Waals surface area contributed by atoms with Gasteiger partial charge in [-0.1, -0.05) is 365 Å². The average molecular weight is 1140 g/mol. The molecule has 0 aliphatic rings. The van der Waals surface area contributed by atoms with Crippen molar-refractivity contribution in [3.05, 3.63) is 48.6 Å². The van der Waals surface area contributed by atoms with E-state index in [2.05, 4.69) is 69.4 Å². The molecule has 0 aromatic carbocycles. The van der Waals surface area contributed by atoms with Crippen LogP contribution in [-0.4, -0.2) is 37.2 Å². The Kier molecular flexibility index (Phi) is 67.6. The molecular formula is C75H138O6. The highest BCUT2D eigenvalue weighted by Crippen LogP contribution is 2.19. The van der Waals surface area contributed by atoms with Crippen molar-refractivity contribution >= 4 is 17.9 Å². The topological polar surface area (TPSA) is 78.9 Å². The maximum Gasteiger partial charge on any atom is 0.306 e. The van der Waals surface area contributed by atoms with Gasteiger partial charge in [0.15, 0.2) is 6.10 Å². The minimum atomic E-state index is -0.792. The summed E-state index contributed by atoms with van der Waals surface area (Å²) in [5.41, 5.74) is 0. The molecular weight excluding hydrogens is 997 g/mol. The molecule has 0 heterocycles. The first-order valence-corrected chi connectivity index (χ1v) is 36.1. The Hall–Kier alpha value is -2.63. The van der Waals surface area contributed by atoms with Gasteiger partial charge in [0.1, 0.15) is 13.2 Å². The molecule has 474 valence electrons. The summed E-state index contributed by atoms with van der Waals surface area (Å²) in [6.45, 7) is 6.55. The molecule has 6 nitrogen and oxygen atoms in total. The van der Waals surface area contributed by atoms with E-state index in [1.54, 1.807) is 0 Å². The molecule has 81 heavy (non-hydrogen) atoms. The summed E-state index contributed by atoms with van der Waals surface area (Å²) < 4.78 is 16.9. The van der Waals surface area contributed by atoms with Gasteiger partial charge in [-0.3, -0.25) is 14.4 Å². The van der Waals surface area contributed by atoms with E-state index >= 15 is 0 Å². The number of rotatable bonds is 67. The lowest BCUT2D eigenvalue weighted by atomic mass is 10.0. The number of hydrogen-bond donors (Lipinski definition) is 0. The summed E-state index contributed by atoms with van der Waals surface area (Å²) in [5, 5.41) is 0. The number of unbranched alkanes of at least 4 members (excludes halogenated alkanes) is 48. The van der Waals surface area contributed by atoms with Crippen molar-refractivity contribution in [3.63, 3.8) is 0 Å². The maximum atomic E-state index is 12.9. The highest BCUT2D eigenvalue weighted by molar-refractivity contribution is 5.71. The molecule has 0 amide bonds. The SMILES string of the molecule is CC/C=C\C/C=C\C/C=C\C/C=C\CCCCC(=O)OC(COC(=O)CCCCCCCCCCCCCCC)COC(=O)CCCCCCCCCCCCCCCCCCCCCCCCCCCCCCCCCCCCC. The molecule has 1 atom stereocenters. The molecule has 0 saturated carbocycles. The van der Waals surface area contributed by atoms with E-state index in [9.17, 15) is 14.4 Å². The highest BCUT2D eigenvalue weighted by atomic mass is 16.6. The quantitative estimate of drug-likeness (QED) is 0.0261. The van der Waals surface area contributed by atoms with Crippen molar-refractivity contribution in [1.29, 1.82) is 0 Å². The molecule has 0 aliphatic heterocycles. The van der Waals surface area contributed by atoms with Gasteiger partial charge in [-0.25, -0.2) is 0 Å². The third-order valence-electron chi connectivity index (χ3n) is 16.3. The Morgan fingerprint density at radius 2 is 0.481 bits per heavy atom. The number of ether oxygens (including phenoxy) is 3. The summed E-state index contributed by atoms with van der Waals surface area (Å²) in [7, 11) is 0. The molecule has 0 aliphatic carbocycles. The lowest BCUT2D eigenvalue weighted by Crippen LogP contribution is -2.30. The van der Waals surface area contributed by atoms with Crippen LogP contribution in [0.5, 0.6) is 0 Å². The van der Waals surface area contributed by atoms with Crippen molar-refractivity contribution in [3.8, 4) is 0 Å². The fraction of sp³-hybridized carbons (Fsp3) is 0.853. The van der Waals surface area contributed by atoms with Crippen LogP contribution in [0.15, 0.2) is 48.6 Å². The van der Waals surface area contributed by atoms with E-state index in [0.717, 1.165) is 77.0 Å². The summed E-state index contributed by atoms with van der Waals surface area (Å²) in [6, 6.07) is 0. The van der Waals surface area contributed by atoms with Crippen molar-refractivity contribution in [2.45, 2.75) is 399 Å². The Morgan fingerprint density at radius 1 is 0.259 bits per heavy atom. The zero-order chi connectivity index (χ0) is 58.5. The first-order chi connectivity index (χ1) is 40.0. The molecule has 0 N–H and O–H groups in total. The lowest BCUT2D eigenvalue weighted by Gasteiger charge is -2.18. The average Bonchev–Trinajstić information content (AvgIpc) is 3.46. The zero-order valence-corrected chi connectivity index (χ0v) is 54.6. The smallest absolute Gasteiger partial charge is 0.306 e. The van der Waals surface area contributed by atoms with Crippen LogP contribution in [0.1, 0.15) is 393 Å². The van der Waals surface area contributed by atoms with E-state index in [-0.39, 0.29) is 37.5 Å².